The van der Waals surface area contributed by atoms with E-state index in [1.54, 1.807) is 0 Å². The number of unbranched alkanes of at least 4 members (excludes halogenated alkanes) is 1. The summed E-state index contributed by atoms with van der Waals surface area (Å²) in [4.78, 5) is 0. The molecule has 0 fully saturated rings. The summed E-state index contributed by atoms with van der Waals surface area (Å²) in [5, 5.41) is 0. The van der Waals surface area contributed by atoms with E-state index in [0.29, 0.717) is 0 Å². The van der Waals surface area contributed by atoms with Crippen molar-refractivity contribution < 1.29 is 21.7 Å². The fraction of sp³-hybridized carbons (Fsp3) is 1.00. The van der Waals surface area contributed by atoms with Crippen molar-refractivity contribution in [2.75, 3.05) is 0 Å². The second-order valence-electron chi connectivity index (χ2n) is 1.64. The van der Waals surface area contributed by atoms with E-state index in [9.17, 15) is 12.6 Å². The highest BCUT2D eigenvalue weighted by Gasteiger charge is 2.10. The molecular formula is C4H12O5S2. The van der Waals surface area contributed by atoms with Gasteiger partial charge in [-0.15, -0.1) is 0 Å². The van der Waals surface area contributed by atoms with Crippen LogP contribution in [0, 0.1) is 0 Å². The SMILES string of the molecule is CCCC.O=S(O)S(=O)(=O)O. The number of rotatable bonds is 2. The molecule has 0 aliphatic heterocycles. The maximum Gasteiger partial charge on any atom is 0.373 e. The van der Waals surface area contributed by atoms with Crippen molar-refractivity contribution in [3.63, 3.8) is 0 Å². The van der Waals surface area contributed by atoms with Crippen molar-refractivity contribution in [2.45, 2.75) is 26.7 Å². The van der Waals surface area contributed by atoms with Crippen molar-refractivity contribution in [1.82, 2.24) is 0 Å². The summed E-state index contributed by atoms with van der Waals surface area (Å²) in [6.45, 7) is 4.36. The topological polar surface area (TPSA) is 91.7 Å². The predicted octanol–water partition coefficient (Wildman–Crippen LogP) is 0.817. The first-order valence-corrected chi connectivity index (χ1v) is 6.01. The van der Waals surface area contributed by atoms with E-state index in [4.69, 9.17) is 9.11 Å². The van der Waals surface area contributed by atoms with Crippen LogP contribution in [-0.4, -0.2) is 21.7 Å². The Labute approximate surface area is 68.2 Å². The van der Waals surface area contributed by atoms with Gasteiger partial charge < -0.3 is 0 Å². The largest absolute Gasteiger partial charge is 0.373 e. The van der Waals surface area contributed by atoms with Gasteiger partial charge in [0.1, 0.15) is 0 Å². The molecule has 0 aromatic carbocycles. The molecule has 0 spiro atoms. The van der Waals surface area contributed by atoms with Gasteiger partial charge in [0, 0.05) is 0 Å². The van der Waals surface area contributed by atoms with Crippen LogP contribution < -0.4 is 0 Å². The Morgan fingerprint density at radius 1 is 1.27 bits per heavy atom. The van der Waals surface area contributed by atoms with Crippen molar-refractivity contribution in [3.8, 4) is 0 Å². The molecule has 0 saturated carbocycles. The average molecular weight is 204 g/mol. The van der Waals surface area contributed by atoms with Gasteiger partial charge >= 0.3 is 19.3 Å². The number of hydrogen-bond donors (Lipinski definition) is 2. The first-order valence-electron chi connectivity index (χ1n) is 2.95. The van der Waals surface area contributed by atoms with Gasteiger partial charge in [0.05, 0.1) is 0 Å². The Balaban J connectivity index is 0. The van der Waals surface area contributed by atoms with Crippen LogP contribution in [0.4, 0.5) is 0 Å². The summed E-state index contributed by atoms with van der Waals surface area (Å²) >= 11 is 0. The van der Waals surface area contributed by atoms with Crippen LogP contribution in [0.5, 0.6) is 0 Å². The Kier molecular flexibility index (Phi) is 8.30. The summed E-state index contributed by atoms with van der Waals surface area (Å²) in [6.07, 6.45) is 2.64. The quantitative estimate of drug-likeness (QED) is 0.394. The summed E-state index contributed by atoms with van der Waals surface area (Å²) in [5.41, 5.74) is 0. The molecule has 0 heterocycles. The molecule has 0 aliphatic carbocycles. The van der Waals surface area contributed by atoms with Gasteiger partial charge in [-0.1, -0.05) is 26.7 Å². The van der Waals surface area contributed by atoms with Crippen LogP contribution in [0.15, 0.2) is 0 Å². The molecule has 1 atom stereocenters. The van der Waals surface area contributed by atoms with E-state index in [1.165, 1.54) is 12.8 Å². The molecule has 2 N–H and O–H groups in total. The second kappa shape index (κ2) is 6.71. The minimum Gasteiger partial charge on any atom is -0.292 e. The van der Waals surface area contributed by atoms with Crippen LogP contribution in [0.2, 0.25) is 0 Å². The highest BCUT2D eigenvalue weighted by atomic mass is 33.2. The summed E-state index contributed by atoms with van der Waals surface area (Å²) in [6, 6.07) is 0. The van der Waals surface area contributed by atoms with E-state index in [2.05, 4.69) is 13.8 Å². The van der Waals surface area contributed by atoms with Crippen molar-refractivity contribution >= 4 is 19.3 Å². The highest BCUT2D eigenvalue weighted by Crippen LogP contribution is 1.83. The Morgan fingerprint density at radius 2 is 1.45 bits per heavy atom. The molecule has 5 nitrogen and oxygen atoms in total. The van der Waals surface area contributed by atoms with Gasteiger partial charge in [0.15, 0.2) is 0 Å². The fourth-order valence-electron chi connectivity index (χ4n) is 0. The lowest BCUT2D eigenvalue weighted by Crippen LogP contribution is -2.03. The smallest absolute Gasteiger partial charge is 0.292 e. The standard InChI is InChI=1S/C4H10.H2O5S2/c1-3-4-2;1-6(2)7(3,4)5/h3-4H2,1-2H3;(H,1,2)(H,3,4,5). The molecular weight excluding hydrogens is 192 g/mol. The van der Waals surface area contributed by atoms with Crippen molar-refractivity contribution in [2.24, 2.45) is 0 Å². The molecule has 0 aromatic rings. The molecule has 0 bridgehead atoms. The van der Waals surface area contributed by atoms with Gasteiger partial charge in [-0.3, -0.25) is 9.11 Å². The van der Waals surface area contributed by atoms with Gasteiger partial charge in [0.2, 0.25) is 0 Å². The first-order chi connectivity index (χ1) is 4.86. The highest BCUT2D eigenvalue weighted by molar-refractivity contribution is 8.59. The van der Waals surface area contributed by atoms with Crippen LogP contribution in [0.3, 0.4) is 0 Å². The van der Waals surface area contributed by atoms with Gasteiger partial charge in [-0.2, -0.15) is 8.42 Å². The summed E-state index contributed by atoms with van der Waals surface area (Å²) in [5.74, 6) is 0. The molecule has 0 saturated heterocycles. The Morgan fingerprint density at radius 3 is 1.45 bits per heavy atom. The zero-order valence-corrected chi connectivity index (χ0v) is 7.98. The van der Waals surface area contributed by atoms with Crippen LogP contribution in [-0.2, 0) is 19.3 Å². The summed E-state index contributed by atoms with van der Waals surface area (Å²) < 4.78 is 43.0. The molecule has 0 radical (unpaired) electrons. The average Bonchev–Trinajstić information content (AvgIpc) is 1.87. The third kappa shape index (κ3) is 13.1. The maximum absolute atomic E-state index is 9.34. The van der Waals surface area contributed by atoms with E-state index in [-0.39, 0.29) is 0 Å². The number of hydrogen-bond acceptors (Lipinski definition) is 3. The predicted molar refractivity (Wildman–Crippen MR) is 42.9 cm³/mol. The maximum atomic E-state index is 9.34. The first kappa shape index (κ1) is 13.6. The normalized spacial score (nSPS) is 13.1. The lowest BCUT2D eigenvalue weighted by Gasteiger charge is -1.80. The Hall–Kier alpha value is 0.0200. The molecule has 70 valence electrons. The zero-order valence-electron chi connectivity index (χ0n) is 6.35. The summed E-state index contributed by atoms with van der Waals surface area (Å²) in [7, 11) is -7.87. The van der Waals surface area contributed by atoms with Crippen molar-refractivity contribution in [3.05, 3.63) is 0 Å². The van der Waals surface area contributed by atoms with Gasteiger partial charge in [-0.25, -0.2) is 4.21 Å². The van der Waals surface area contributed by atoms with Gasteiger partial charge in [-0.05, 0) is 0 Å². The van der Waals surface area contributed by atoms with Crippen LogP contribution >= 0.6 is 0 Å². The van der Waals surface area contributed by atoms with E-state index < -0.39 is 19.3 Å². The molecule has 0 rings (SSSR count). The van der Waals surface area contributed by atoms with E-state index >= 15 is 0 Å². The minimum atomic E-state index is -4.71. The lowest BCUT2D eigenvalue weighted by molar-refractivity contribution is 0.488. The second-order valence-corrected chi connectivity index (χ2v) is 5.05. The monoisotopic (exact) mass is 204 g/mol. The molecule has 0 amide bonds. The molecule has 7 heteroatoms. The molecule has 1 unspecified atom stereocenters. The van der Waals surface area contributed by atoms with Gasteiger partial charge in [0.25, 0.3) is 0 Å². The molecule has 0 aliphatic rings. The van der Waals surface area contributed by atoms with E-state index in [0.717, 1.165) is 0 Å². The molecule has 11 heavy (non-hydrogen) atoms. The van der Waals surface area contributed by atoms with Crippen molar-refractivity contribution in [1.29, 1.82) is 0 Å². The minimum absolute atomic E-state index is 1.32. The lowest BCUT2D eigenvalue weighted by atomic mass is 10.4. The zero-order chi connectivity index (χ0) is 9.49. The van der Waals surface area contributed by atoms with Crippen LogP contribution in [0.25, 0.3) is 0 Å². The van der Waals surface area contributed by atoms with Crippen LogP contribution in [0.1, 0.15) is 26.7 Å². The third-order valence-corrected chi connectivity index (χ3v) is 2.12. The van der Waals surface area contributed by atoms with E-state index in [1.807, 2.05) is 0 Å². The molecule has 0 aromatic heterocycles. The Bertz CT molecular complexity index is 193. The fourth-order valence-corrected chi connectivity index (χ4v) is 0. The third-order valence-electron chi connectivity index (χ3n) is 0.680.